The van der Waals surface area contributed by atoms with Crippen molar-refractivity contribution in [1.82, 2.24) is 9.97 Å². The Bertz CT molecular complexity index is 1320. The highest BCUT2D eigenvalue weighted by Crippen LogP contribution is 2.38. The van der Waals surface area contributed by atoms with Crippen LogP contribution in [0.1, 0.15) is 17.5 Å². The Labute approximate surface area is 200 Å². The summed E-state index contributed by atoms with van der Waals surface area (Å²) in [7, 11) is -4.29. The maximum Gasteiger partial charge on any atom is 0.418 e. The Morgan fingerprint density at radius 3 is 2.51 bits per heavy atom. The first-order chi connectivity index (χ1) is 16.5. The van der Waals surface area contributed by atoms with Gasteiger partial charge in [-0.25, -0.2) is 9.97 Å². The van der Waals surface area contributed by atoms with Gasteiger partial charge in [0.15, 0.2) is 5.03 Å². The maximum absolute atomic E-state index is 13.6. The molecular weight excluding hydrogens is 485 g/mol. The van der Waals surface area contributed by atoms with Crippen molar-refractivity contribution in [2.75, 3.05) is 23.3 Å². The van der Waals surface area contributed by atoms with Crippen molar-refractivity contribution < 1.29 is 31.4 Å². The third-order valence-corrected chi connectivity index (χ3v) is 6.75. The normalized spacial score (nSPS) is 18.8. The molecule has 2 atom stereocenters. The number of anilines is 2. The lowest BCUT2D eigenvalue weighted by atomic mass is 10.0. The molecular formula is C23H23F3N4O4S. The van der Waals surface area contributed by atoms with E-state index >= 15 is 0 Å². The molecule has 0 bridgehead atoms. The highest BCUT2D eigenvalue weighted by atomic mass is 32.2. The lowest BCUT2D eigenvalue weighted by molar-refractivity contribution is -0.137. The lowest BCUT2D eigenvalue weighted by Gasteiger charge is -2.28. The van der Waals surface area contributed by atoms with Gasteiger partial charge in [-0.1, -0.05) is 30.3 Å². The minimum Gasteiger partial charge on any atom is -0.391 e. The Morgan fingerprint density at radius 2 is 1.80 bits per heavy atom. The number of aromatic nitrogens is 2. The van der Waals surface area contributed by atoms with Gasteiger partial charge in [-0.05, 0) is 43.2 Å². The Hall–Kier alpha value is -3.22. The van der Waals surface area contributed by atoms with Gasteiger partial charge in [-0.3, -0.25) is 4.72 Å². The van der Waals surface area contributed by atoms with E-state index in [4.69, 9.17) is 4.74 Å². The zero-order valence-corrected chi connectivity index (χ0v) is 19.4. The number of aryl methyl sites for hydroxylation is 1. The van der Waals surface area contributed by atoms with Crippen LogP contribution < -0.4 is 10.0 Å². The average molecular weight is 509 g/mol. The van der Waals surface area contributed by atoms with E-state index in [0.717, 1.165) is 12.1 Å². The van der Waals surface area contributed by atoms with E-state index in [-0.39, 0.29) is 34.5 Å². The fourth-order valence-electron chi connectivity index (χ4n) is 3.68. The first-order valence-corrected chi connectivity index (χ1v) is 12.2. The molecule has 4 rings (SSSR count). The second-order valence-corrected chi connectivity index (χ2v) is 9.68. The maximum atomic E-state index is 13.6. The Balaban J connectivity index is 1.64. The van der Waals surface area contributed by atoms with Crippen molar-refractivity contribution in [3.63, 3.8) is 0 Å². The third kappa shape index (κ3) is 5.72. The highest BCUT2D eigenvalue weighted by Gasteiger charge is 2.35. The molecule has 3 aromatic rings. The number of nitrogens with zero attached hydrogens (tertiary/aromatic N) is 2. The summed E-state index contributed by atoms with van der Waals surface area (Å²) in [5.74, 6) is -0.0871. The van der Waals surface area contributed by atoms with E-state index in [2.05, 4.69) is 20.0 Å². The van der Waals surface area contributed by atoms with Crippen LogP contribution in [-0.2, 0) is 20.9 Å². The van der Waals surface area contributed by atoms with E-state index < -0.39 is 33.9 Å². The molecule has 3 heterocycles. The summed E-state index contributed by atoms with van der Waals surface area (Å²) in [5, 5.41) is 12.7. The number of rotatable bonds is 6. The number of pyridine rings is 2. The summed E-state index contributed by atoms with van der Waals surface area (Å²) in [6.07, 6.45) is -4.93. The number of alkyl halides is 3. The van der Waals surface area contributed by atoms with E-state index in [1.54, 1.807) is 25.1 Å². The fourth-order valence-corrected chi connectivity index (χ4v) is 4.65. The molecule has 186 valence electrons. The van der Waals surface area contributed by atoms with Crippen LogP contribution in [0.25, 0.3) is 11.3 Å². The number of sulfonamides is 1. The van der Waals surface area contributed by atoms with Gasteiger partial charge >= 0.3 is 6.18 Å². The number of ether oxygens (including phenoxy) is 1. The highest BCUT2D eigenvalue weighted by molar-refractivity contribution is 7.92. The smallest absolute Gasteiger partial charge is 0.391 e. The van der Waals surface area contributed by atoms with Crippen molar-refractivity contribution in [1.29, 1.82) is 0 Å². The van der Waals surface area contributed by atoms with Crippen molar-refractivity contribution in [2.45, 2.75) is 36.7 Å². The molecule has 1 aliphatic rings. The molecule has 0 spiro atoms. The molecule has 12 heteroatoms. The topological polar surface area (TPSA) is 113 Å². The van der Waals surface area contributed by atoms with Gasteiger partial charge in [0, 0.05) is 12.2 Å². The molecule has 35 heavy (non-hydrogen) atoms. The number of aliphatic hydroxyl groups excluding tert-OH is 1. The van der Waals surface area contributed by atoms with Crippen molar-refractivity contribution in [3.05, 3.63) is 65.7 Å². The lowest BCUT2D eigenvalue weighted by Crippen LogP contribution is -2.42. The third-order valence-electron chi connectivity index (χ3n) is 5.49. The van der Waals surface area contributed by atoms with Crippen molar-refractivity contribution in [3.8, 4) is 11.3 Å². The van der Waals surface area contributed by atoms with Gasteiger partial charge < -0.3 is 15.2 Å². The zero-order valence-electron chi connectivity index (χ0n) is 18.6. The second kappa shape index (κ2) is 9.80. The molecule has 0 aliphatic carbocycles. The molecule has 2 aromatic heterocycles. The van der Waals surface area contributed by atoms with Gasteiger partial charge in [0.2, 0.25) is 0 Å². The van der Waals surface area contributed by atoms with Gasteiger partial charge in [-0.15, -0.1) is 0 Å². The first kappa shape index (κ1) is 24.9. The molecule has 3 N–H and O–H groups in total. The van der Waals surface area contributed by atoms with Gasteiger partial charge in [0.1, 0.15) is 11.6 Å². The van der Waals surface area contributed by atoms with Gasteiger partial charge in [-0.2, -0.15) is 21.6 Å². The quantitative estimate of drug-likeness (QED) is 0.464. The molecule has 0 saturated carbocycles. The number of aliphatic hydroxyl groups is 1. The van der Waals surface area contributed by atoms with Crippen LogP contribution in [0.2, 0.25) is 0 Å². The van der Waals surface area contributed by atoms with E-state index in [1.807, 2.05) is 0 Å². The largest absolute Gasteiger partial charge is 0.418 e. The molecule has 0 unspecified atom stereocenters. The summed E-state index contributed by atoms with van der Waals surface area (Å²) in [6, 6.07) is 11.9. The van der Waals surface area contributed by atoms with Crippen LogP contribution in [0.4, 0.5) is 24.8 Å². The summed E-state index contributed by atoms with van der Waals surface area (Å²) in [5.41, 5.74) is -0.573. The van der Waals surface area contributed by atoms with Crippen molar-refractivity contribution >= 4 is 21.7 Å². The van der Waals surface area contributed by atoms with E-state index in [0.29, 0.717) is 18.6 Å². The number of nitrogens with one attached hydrogen (secondary N) is 2. The second-order valence-electron chi connectivity index (χ2n) is 8.05. The predicted molar refractivity (Wildman–Crippen MR) is 123 cm³/mol. The van der Waals surface area contributed by atoms with Crippen LogP contribution in [0.5, 0.6) is 0 Å². The molecule has 0 radical (unpaired) electrons. The minimum absolute atomic E-state index is 0.198. The van der Waals surface area contributed by atoms with Gasteiger partial charge in [0.05, 0.1) is 30.0 Å². The summed E-state index contributed by atoms with van der Waals surface area (Å²) >= 11 is 0. The molecule has 8 nitrogen and oxygen atoms in total. The molecule has 1 aromatic carbocycles. The Morgan fingerprint density at radius 1 is 1.03 bits per heavy atom. The standard InChI is InChI=1S/C23H23F3N4O4S/c1-14-5-2-3-6-15(14)22-16(23(24,25)26)9-10-20(29-22)30-35(32,33)21-8-4-7-19(28-21)27-17-13-34-12-11-18(17)31/h2-10,17-18,31H,11-13H2,1H3,(H,27,28)(H,29,30)/t17-,18+/m1/s1. The molecule has 1 fully saturated rings. The average Bonchev–Trinajstić information content (AvgIpc) is 2.80. The van der Waals surface area contributed by atoms with E-state index in [9.17, 15) is 26.7 Å². The summed E-state index contributed by atoms with van der Waals surface area (Å²) < 4.78 is 74.4. The van der Waals surface area contributed by atoms with Crippen LogP contribution in [0.15, 0.2) is 59.6 Å². The monoisotopic (exact) mass is 508 g/mol. The molecule has 0 amide bonds. The number of hydrogen-bond donors (Lipinski definition) is 3. The number of hydrogen-bond acceptors (Lipinski definition) is 7. The Kier molecular flexibility index (Phi) is 6.97. The fraction of sp³-hybridized carbons (Fsp3) is 0.304. The SMILES string of the molecule is Cc1ccccc1-c1nc(NS(=O)(=O)c2cccc(N[C@@H]3COCC[C@@H]3O)n2)ccc1C(F)(F)F. The summed E-state index contributed by atoms with van der Waals surface area (Å²) in [6.45, 7) is 2.30. The van der Waals surface area contributed by atoms with Crippen LogP contribution >= 0.6 is 0 Å². The number of halogens is 3. The van der Waals surface area contributed by atoms with E-state index in [1.165, 1.54) is 24.3 Å². The van der Waals surface area contributed by atoms with Crippen molar-refractivity contribution in [2.24, 2.45) is 0 Å². The first-order valence-electron chi connectivity index (χ1n) is 10.7. The van der Waals surface area contributed by atoms with Crippen LogP contribution in [0.3, 0.4) is 0 Å². The van der Waals surface area contributed by atoms with Crippen LogP contribution in [-0.4, -0.2) is 48.9 Å². The molecule has 1 aliphatic heterocycles. The molecule has 1 saturated heterocycles. The predicted octanol–water partition coefficient (Wildman–Crippen LogP) is 3.83. The minimum atomic E-state index is -4.68. The zero-order chi connectivity index (χ0) is 25.2. The summed E-state index contributed by atoms with van der Waals surface area (Å²) in [4.78, 5) is 8.09. The van der Waals surface area contributed by atoms with Gasteiger partial charge in [0.25, 0.3) is 10.0 Å². The number of benzene rings is 1. The van der Waals surface area contributed by atoms with Crippen LogP contribution in [0, 0.1) is 6.92 Å².